The van der Waals surface area contributed by atoms with E-state index in [2.05, 4.69) is 0 Å². The summed E-state index contributed by atoms with van der Waals surface area (Å²) in [6.45, 7) is 4.18. The molecule has 20 heavy (non-hydrogen) atoms. The summed E-state index contributed by atoms with van der Waals surface area (Å²) < 4.78 is 0. The van der Waals surface area contributed by atoms with Crippen LogP contribution >= 0.6 is 0 Å². The van der Waals surface area contributed by atoms with Crippen molar-refractivity contribution in [3.05, 3.63) is 0 Å². The maximum atomic E-state index is 10.9. The minimum atomic E-state index is -1.89. The fourth-order valence-corrected chi connectivity index (χ4v) is 5.22. The molecule has 2 saturated heterocycles. The minimum Gasteiger partial charge on any atom is -0.364 e. The lowest BCUT2D eigenvalue weighted by Gasteiger charge is -2.50. The first kappa shape index (κ1) is 13.5. The van der Waals surface area contributed by atoms with Gasteiger partial charge in [-0.15, -0.1) is 0 Å². The van der Waals surface area contributed by atoms with Crippen molar-refractivity contribution in [1.29, 1.82) is 0 Å². The van der Waals surface area contributed by atoms with Gasteiger partial charge in [0.25, 0.3) is 0 Å². The topological polar surface area (TPSA) is 84.2 Å². The fourth-order valence-electron chi connectivity index (χ4n) is 5.22. The van der Waals surface area contributed by atoms with Crippen LogP contribution < -0.4 is 0 Å². The van der Waals surface area contributed by atoms with Gasteiger partial charge in [0.2, 0.25) is 5.91 Å². The summed E-state index contributed by atoms with van der Waals surface area (Å²) in [7, 11) is 0. The average molecular weight is 283 g/mol. The van der Waals surface area contributed by atoms with E-state index in [1.165, 1.54) is 0 Å². The van der Waals surface area contributed by atoms with Crippen LogP contribution in [0.4, 0.5) is 0 Å². The highest BCUT2D eigenvalue weighted by Crippen LogP contribution is 2.77. The minimum absolute atomic E-state index is 0.0817. The van der Waals surface area contributed by atoms with E-state index >= 15 is 0 Å². The molecule has 114 valence electrons. The number of nitrogens with zero attached hydrogens (tertiary/aromatic N) is 1. The normalized spacial score (nSPS) is 39.8. The smallest absolute Gasteiger partial charge is 0.226 e. The van der Waals surface area contributed by atoms with Gasteiger partial charge in [0, 0.05) is 24.3 Å². The molecule has 0 aromatic rings. The molecule has 4 aliphatic rings. The van der Waals surface area contributed by atoms with Crippen molar-refractivity contribution in [2.75, 3.05) is 6.54 Å². The highest BCUT2D eigenvalue weighted by molar-refractivity contribution is 5.31. The van der Waals surface area contributed by atoms with Crippen LogP contribution in [0.15, 0.2) is 0 Å². The number of rotatable bonds is 2. The van der Waals surface area contributed by atoms with Gasteiger partial charge in [-0.25, -0.2) is 4.90 Å². The van der Waals surface area contributed by atoms with E-state index in [4.69, 9.17) is 0 Å². The van der Waals surface area contributed by atoms with Gasteiger partial charge >= 0.3 is 0 Å². The van der Waals surface area contributed by atoms with Gasteiger partial charge in [-0.2, -0.15) is 0 Å². The highest BCUT2D eigenvalue weighted by atomic mass is 16.5. The van der Waals surface area contributed by atoms with Crippen molar-refractivity contribution >= 4 is 0 Å². The second-order valence-corrected chi connectivity index (χ2v) is 8.24. The lowest BCUT2D eigenvalue weighted by atomic mass is 9.68. The molecule has 2 heterocycles. The van der Waals surface area contributed by atoms with Crippen molar-refractivity contribution in [1.82, 2.24) is 4.90 Å². The Kier molecular flexibility index (Phi) is 2.19. The molecule has 5 heteroatoms. The average Bonchev–Trinajstić information content (AvgIpc) is 3.16. The van der Waals surface area contributed by atoms with Gasteiger partial charge in [0.05, 0.1) is 5.54 Å². The summed E-state index contributed by atoms with van der Waals surface area (Å²) >= 11 is 0. The second kappa shape index (κ2) is 3.25. The van der Waals surface area contributed by atoms with E-state index in [0.717, 1.165) is 25.7 Å². The third kappa shape index (κ3) is 1.27. The van der Waals surface area contributed by atoms with E-state index in [0.29, 0.717) is 13.0 Å². The second-order valence-electron chi connectivity index (χ2n) is 8.24. The molecule has 0 bridgehead atoms. The van der Waals surface area contributed by atoms with Crippen LogP contribution in [0, 0.1) is 16.7 Å². The van der Waals surface area contributed by atoms with Crippen LogP contribution in [0.3, 0.4) is 0 Å². The predicted octanol–water partition coefficient (Wildman–Crippen LogP) is 0.370. The quantitative estimate of drug-likeness (QED) is 0.550. The Balaban J connectivity index is 1.88. The van der Waals surface area contributed by atoms with Crippen LogP contribution in [0.5, 0.6) is 0 Å². The van der Waals surface area contributed by atoms with E-state index in [1.807, 2.05) is 0 Å². The van der Waals surface area contributed by atoms with Crippen LogP contribution in [0.25, 0.3) is 0 Å². The molecule has 0 unspecified atom stereocenters. The van der Waals surface area contributed by atoms with Crippen molar-refractivity contribution in [2.24, 2.45) is 16.7 Å². The zero-order chi connectivity index (χ0) is 14.6. The van der Waals surface area contributed by atoms with Crippen LogP contribution in [-0.4, -0.2) is 49.1 Å². The molecule has 0 aromatic heterocycles. The molecule has 2 spiro atoms. The molecule has 4 fully saturated rings. The molecule has 4 N–H and O–H groups in total. The predicted molar refractivity (Wildman–Crippen MR) is 71.2 cm³/mol. The van der Waals surface area contributed by atoms with Gasteiger partial charge in [0.15, 0.2) is 5.79 Å². The molecule has 1 atom stereocenters. The number of hydrogen-bond acceptors (Lipinski definition) is 5. The van der Waals surface area contributed by atoms with Crippen LogP contribution in [0.2, 0.25) is 0 Å². The summed E-state index contributed by atoms with van der Waals surface area (Å²) in [6, 6.07) is 0. The molecule has 5 nitrogen and oxygen atoms in total. The first-order valence-corrected chi connectivity index (χ1v) is 7.78. The number of hydrogen-bond donors (Lipinski definition) is 4. The monoisotopic (exact) mass is 283 g/mol. The Morgan fingerprint density at radius 2 is 1.60 bits per heavy atom. The van der Waals surface area contributed by atoms with E-state index in [9.17, 15) is 20.4 Å². The molecular formula is C15H25NO4. The largest absolute Gasteiger partial charge is 0.364 e. The maximum Gasteiger partial charge on any atom is 0.226 e. The fraction of sp³-hybridized carbons (Fsp3) is 1.00. The van der Waals surface area contributed by atoms with E-state index < -0.39 is 17.2 Å². The van der Waals surface area contributed by atoms with Gasteiger partial charge in [-0.05, 0) is 37.5 Å². The molecule has 2 saturated carbocycles. The van der Waals surface area contributed by atoms with Crippen molar-refractivity contribution in [3.63, 3.8) is 0 Å². The highest BCUT2D eigenvalue weighted by Gasteiger charge is 2.83. The molecule has 2 aliphatic heterocycles. The first-order chi connectivity index (χ1) is 9.11. The van der Waals surface area contributed by atoms with E-state index in [-0.39, 0.29) is 23.2 Å². The van der Waals surface area contributed by atoms with E-state index in [1.54, 1.807) is 18.7 Å². The van der Waals surface area contributed by atoms with Crippen molar-refractivity contribution < 1.29 is 20.4 Å². The van der Waals surface area contributed by atoms with Crippen LogP contribution in [-0.2, 0) is 0 Å². The van der Waals surface area contributed by atoms with Crippen molar-refractivity contribution in [3.8, 4) is 0 Å². The lowest BCUT2D eigenvalue weighted by Crippen LogP contribution is -2.67. The van der Waals surface area contributed by atoms with Gasteiger partial charge < -0.3 is 20.4 Å². The Morgan fingerprint density at radius 3 is 2.05 bits per heavy atom. The SMILES string of the molecule is CC(C)C(O)(O)[C@]12CC3(CC3)CN1C(O)(O)CC21CC1. The van der Waals surface area contributed by atoms with Gasteiger partial charge in [-0.1, -0.05) is 13.8 Å². The Labute approximate surface area is 119 Å². The zero-order valence-corrected chi connectivity index (χ0v) is 12.3. The summed E-state index contributed by atoms with van der Waals surface area (Å²) in [6.07, 6.45) is 4.77. The standard InChI is InChI=1S/C15H25NO4/c1-10(2)15(19,20)13-7-11(3-4-11)9-16(13)14(17,18)8-12(13)5-6-12/h10,17-20H,3-9H2,1-2H3/t13-/m1/s1. The van der Waals surface area contributed by atoms with Crippen molar-refractivity contribution in [2.45, 2.75) is 69.6 Å². The Hall–Kier alpha value is -0.200. The van der Waals surface area contributed by atoms with Gasteiger partial charge in [-0.3, -0.25) is 0 Å². The third-order valence-electron chi connectivity index (χ3n) is 6.69. The Morgan fingerprint density at radius 1 is 1.00 bits per heavy atom. The first-order valence-electron chi connectivity index (χ1n) is 7.78. The summed E-state index contributed by atoms with van der Waals surface area (Å²) in [5.74, 6) is -4.12. The number of aliphatic hydroxyl groups is 4. The Bertz CT molecular complexity index is 464. The zero-order valence-electron chi connectivity index (χ0n) is 12.3. The third-order valence-corrected chi connectivity index (χ3v) is 6.69. The molecular weight excluding hydrogens is 258 g/mol. The molecule has 0 aromatic carbocycles. The summed E-state index contributed by atoms with van der Waals surface area (Å²) in [5.41, 5.74) is -1.15. The summed E-state index contributed by atoms with van der Waals surface area (Å²) in [4.78, 5) is 1.64. The maximum absolute atomic E-state index is 10.9. The van der Waals surface area contributed by atoms with Gasteiger partial charge in [0.1, 0.15) is 0 Å². The summed E-state index contributed by atoms with van der Waals surface area (Å²) in [5, 5.41) is 42.8. The molecule has 4 rings (SSSR count). The number of fused-ring (bicyclic) bond motifs is 2. The molecule has 0 amide bonds. The van der Waals surface area contributed by atoms with Crippen LogP contribution in [0.1, 0.15) is 52.4 Å². The molecule has 0 radical (unpaired) electrons. The lowest BCUT2D eigenvalue weighted by molar-refractivity contribution is -0.318. The molecule has 2 aliphatic carbocycles.